The fraction of sp³-hybridized carbons (Fsp3) is 0.773. The summed E-state index contributed by atoms with van der Waals surface area (Å²) in [6, 6.07) is 0.683. The standard InChI is InChI=1S/C11H20N2O.C10H19N.CH4/c1-8(2)9-10(14)12-6-7-13(9)11(3,4)5;1-8(2)10-6-5-7-11(10)9(3)4;/h6-7H2,1-5H3,(H,12,14);9H,5-7H2,1-4H3;1H4. The molecule has 2 rings (SSSR count). The fourth-order valence-electron chi connectivity index (χ4n) is 3.57. The van der Waals surface area contributed by atoms with Crippen LogP contribution in [0.15, 0.2) is 22.5 Å². The van der Waals surface area contributed by atoms with Crippen molar-refractivity contribution in [2.24, 2.45) is 0 Å². The number of hydrogen-bond donors (Lipinski definition) is 1. The second-order valence-corrected chi connectivity index (χ2v) is 8.76. The lowest BCUT2D eigenvalue weighted by Crippen LogP contribution is -2.53. The first-order valence-electron chi connectivity index (χ1n) is 9.63. The number of nitrogens with one attached hydrogen (secondary N) is 1. The summed E-state index contributed by atoms with van der Waals surface area (Å²) in [6.07, 6.45) is 2.64. The van der Waals surface area contributed by atoms with Gasteiger partial charge in [-0.3, -0.25) is 4.79 Å². The van der Waals surface area contributed by atoms with Crippen molar-refractivity contribution in [2.45, 2.75) is 94.2 Å². The van der Waals surface area contributed by atoms with Crippen molar-refractivity contribution in [3.05, 3.63) is 22.5 Å². The highest BCUT2D eigenvalue weighted by Gasteiger charge is 2.31. The number of rotatable bonds is 1. The van der Waals surface area contributed by atoms with Crippen LogP contribution in [0.3, 0.4) is 0 Å². The van der Waals surface area contributed by atoms with E-state index < -0.39 is 0 Å². The summed E-state index contributed by atoms with van der Waals surface area (Å²) in [4.78, 5) is 16.4. The molecule has 2 saturated heterocycles. The summed E-state index contributed by atoms with van der Waals surface area (Å²) >= 11 is 0. The molecule has 0 unspecified atom stereocenters. The molecule has 0 spiro atoms. The minimum Gasteiger partial charge on any atom is -0.372 e. The van der Waals surface area contributed by atoms with E-state index in [9.17, 15) is 4.79 Å². The van der Waals surface area contributed by atoms with Gasteiger partial charge in [-0.05, 0) is 80.7 Å². The Morgan fingerprint density at radius 3 is 1.96 bits per heavy atom. The Balaban J connectivity index is 0.000000475. The zero-order valence-corrected chi connectivity index (χ0v) is 17.9. The van der Waals surface area contributed by atoms with Crippen molar-refractivity contribution in [1.82, 2.24) is 15.1 Å². The number of amides is 1. The Labute approximate surface area is 162 Å². The quantitative estimate of drug-likeness (QED) is 0.669. The van der Waals surface area contributed by atoms with Crippen LogP contribution in [0.25, 0.3) is 0 Å². The first-order valence-corrected chi connectivity index (χ1v) is 9.63. The van der Waals surface area contributed by atoms with Gasteiger partial charge < -0.3 is 15.1 Å². The Hall–Kier alpha value is -1.45. The molecular weight excluding hydrogens is 322 g/mol. The van der Waals surface area contributed by atoms with Crippen molar-refractivity contribution < 1.29 is 4.79 Å². The van der Waals surface area contributed by atoms with E-state index >= 15 is 0 Å². The fourth-order valence-corrected chi connectivity index (χ4v) is 3.57. The first kappa shape index (κ1) is 24.6. The van der Waals surface area contributed by atoms with Crippen molar-refractivity contribution >= 4 is 5.91 Å². The molecule has 26 heavy (non-hydrogen) atoms. The molecule has 2 aliphatic rings. The Morgan fingerprint density at radius 1 is 1.04 bits per heavy atom. The maximum Gasteiger partial charge on any atom is 0.267 e. The molecule has 0 aliphatic carbocycles. The van der Waals surface area contributed by atoms with E-state index in [1.165, 1.54) is 25.0 Å². The van der Waals surface area contributed by atoms with Crippen LogP contribution >= 0.6 is 0 Å². The summed E-state index contributed by atoms with van der Waals surface area (Å²) in [5.41, 5.74) is 5.02. The van der Waals surface area contributed by atoms with E-state index in [2.05, 4.69) is 63.6 Å². The number of allylic oxidation sites excluding steroid dienone is 3. The van der Waals surface area contributed by atoms with Crippen LogP contribution in [-0.2, 0) is 4.79 Å². The molecule has 2 fully saturated rings. The molecule has 4 heteroatoms. The van der Waals surface area contributed by atoms with Crippen molar-refractivity contribution in [2.75, 3.05) is 19.6 Å². The van der Waals surface area contributed by atoms with E-state index in [1.807, 2.05) is 13.8 Å². The summed E-state index contributed by atoms with van der Waals surface area (Å²) < 4.78 is 0. The number of carbonyl (C=O) groups is 1. The lowest BCUT2D eigenvalue weighted by atomic mass is 10.0. The van der Waals surface area contributed by atoms with Gasteiger partial charge in [-0.15, -0.1) is 0 Å². The second-order valence-electron chi connectivity index (χ2n) is 8.76. The van der Waals surface area contributed by atoms with Gasteiger partial charge in [-0.25, -0.2) is 0 Å². The van der Waals surface area contributed by atoms with Crippen molar-refractivity contribution in [1.29, 1.82) is 0 Å². The van der Waals surface area contributed by atoms with Gasteiger partial charge in [0, 0.05) is 36.9 Å². The summed E-state index contributed by atoms with van der Waals surface area (Å²) in [5, 5.41) is 2.88. The van der Waals surface area contributed by atoms with Gasteiger partial charge in [-0.1, -0.05) is 13.0 Å². The Morgan fingerprint density at radius 2 is 1.62 bits per heavy atom. The predicted octanol–water partition coefficient (Wildman–Crippen LogP) is 4.93. The lowest BCUT2D eigenvalue weighted by molar-refractivity contribution is -0.121. The van der Waals surface area contributed by atoms with Crippen LogP contribution < -0.4 is 5.32 Å². The maximum atomic E-state index is 11.7. The van der Waals surface area contributed by atoms with Crippen LogP contribution in [0.1, 0.15) is 82.6 Å². The third-order valence-corrected chi connectivity index (χ3v) is 4.75. The van der Waals surface area contributed by atoms with Crippen molar-refractivity contribution in [3.63, 3.8) is 0 Å². The van der Waals surface area contributed by atoms with Gasteiger partial charge in [0.25, 0.3) is 5.91 Å². The van der Waals surface area contributed by atoms with Crippen LogP contribution in [0.4, 0.5) is 0 Å². The van der Waals surface area contributed by atoms with E-state index in [4.69, 9.17) is 0 Å². The van der Waals surface area contributed by atoms with Gasteiger partial charge in [-0.2, -0.15) is 0 Å². The number of hydrogen-bond acceptors (Lipinski definition) is 3. The molecule has 1 N–H and O–H groups in total. The summed E-state index contributed by atoms with van der Waals surface area (Å²) in [5.74, 6) is 0.0613. The molecule has 0 aromatic heterocycles. The molecule has 1 amide bonds. The number of carbonyl (C=O) groups excluding carboxylic acids is 1. The zero-order chi connectivity index (χ0) is 19.4. The number of likely N-dealkylation sites (tertiary alicyclic amines) is 1. The molecule has 2 aliphatic heterocycles. The Kier molecular flexibility index (Phi) is 9.47. The molecule has 152 valence electrons. The molecule has 0 bridgehead atoms. The van der Waals surface area contributed by atoms with E-state index in [-0.39, 0.29) is 18.9 Å². The molecule has 2 heterocycles. The third kappa shape index (κ3) is 6.37. The molecule has 4 nitrogen and oxygen atoms in total. The average molecular weight is 366 g/mol. The molecular formula is C22H43N3O. The lowest BCUT2D eigenvalue weighted by Gasteiger charge is -2.42. The van der Waals surface area contributed by atoms with Gasteiger partial charge in [0.05, 0.1) is 0 Å². The smallest absolute Gasteiger partial charge is 0.267 e. The highest BCUT2D eigenvalue weighted by Crippen LogP contribution is 2.26. The van der Waals surface area contributed by atoms with E-state index in [1.54, 1.807) is 5.70 Å². The third-order valence-electron chi connectivity index (χ3n) is 4.75. The number of nitrogens with zero attached hydrogens (tertiary/aromatic N) is 2. The van der Waals surface area contributed by atoms with Gasteiger partial charge in [0.2, 0.25) is 0 Å². The number of piperazine rings is 1. The van der Waals surface area contributed by atoms with Crippen LogP contribution in [0, 0.1) is 0 Å². The second kappa shape index (κ2) is 10.0. The van der Waals surface area contributed by atoms with Crippen LogP contribution in [0.2, 0.25) is 0 Å². The zero-order valence-electron chi connectivity index (χ0n) is 17.9. The molecule has 0 radical (unpaired) electrons. The minimum atomic E-state index is 0. The van der Waals surface area contributed by atoms with Gasteiger partial charge >= 0.3 is 0 Å². The molecule has 0 saturated carbocycles. The molecule has 0 aromatic rings. The first-order chi connectivity index (χ1) is 11.5. The van der Waals surface area contributed by atoms with E-state index in [0.717, 1.165) is 24.4 Å². The topological polar surface area (TPSA) is 35.6 Å². The predicted molar refractivity (Wildman–Crippen MR) is 114 cm³/mol. The highest BCUT2D eigenvalue weighted by molar-refractivity contribution is 5.94. The normalized spacial score (nSPS) is 17.5. The average Bonchev–Trinajstić information content (AvgIpc) is 2.96. The van der Waals surface area contributed by atoms with E-state index in [0.29, 0.717) is 6.04 Å². The largest absolute Gasteiger partial charge is 0.372 e. The monoisotopic (exact) mass is 365 g/mol. The van der Waals surface area contributed by atoms with Gasteiger partial charge in [0.15, 0.2) is 0 Å². The molecule has 0 atom stereocenters. The van der Waals surface area contributed by atoms with Crippen molar-refractivity contribution in [3.8, 4) is 0 Å². The SMILES string of the molecule is C.CC(C)=C1C(=O)NCCN1C(C)(C)C.CC(C)=C1CCCN1C(C)C. The summed E-state index contributed by atoms with van der Waals surface area (Å²) in [6.45, 7) is 22.3. The summed E-state index contributed by atoms with van der Waals surface area (Å²) in [7, 11) is 0. The maximum absolute atomic E-state index is 11.7. The van der Waals surface area contributed by atoms with Gasteiger partial charge in [0.1, 0.15) is 5.70 Å². The van der Waals surface area contributed by atoms with Crippen LogP contribution in [0.5, 0.6) is 0 Å². The highest BCUT2D eigenvalue weighted by atomic mass is 16.2. The van der Waals surface area contributed by atoms with Crippen LogP contribution in [-0.4, -0.2) is 46.9 Å². The molecule has 0 aromatic carbocycles. The minimum absolute atomic E-state index is 0. The Bertz CT molecular complexity index is 530.